The predicted molar refractivity (Wildman–Crippen MR) is 75.4 cm³/mol. The third-order valence-corrected chi connectivity index (χ3v) is 2.80. The minimum atomic E-state index is -4.40. The monoisotopic (exact) mass is 306 g/mol. The Kier molecular flexibility index (Phi) is 6.00. The SMILES string of the molecule is C=CCNC(=S)NCCCn1nc(C(F)(F)F)cc1C. The van der Waals surface area contributed by atoms with E-state index in [4.69, 9.17) is 12.2 Å². The summed E-state index contributed by atoms with van der Waals surface area (Å²) < 4.78 is 38.8. The van der Waals surface area contributed by atoms with Crippen LogP contribution in [0.15, 0.2) is 18.7 Å². The van der Waals surface area contributed by atoms with Gasteiger partial charge in [0.15, 0.2) is 10.8 Å². The van der Waals surface area contributed by atoms with Crippen LogP contribution in [0.4, 0.5) is 13.2 Å². The van der Waals surface area contributed by atoms with Crippen LogP contribution in [0, 0.1) is 6.92 Å². The fourth-order valence-electron chi connectivity index (χ4n) is 1.53. The Labute approximate surface area is 121 Å². The minimum absolute atomic E-state index is 0.402. The van der Waals surface area contributed by atoms with Crippen molar-refractivity contribution >= 4 is 17.3 Å². The second-order valence-corrected chi connectivity index (χ2v) is 4.58. The number of hydrogen-bond acceptors (Lipinski definition) is 2. The summed E-state index contributed by atoms with van der Waals surface area (Å²) in [5.41, 5.74) is -0.365. The Morgan fingerprint density at radius 2 is 2.20 bits per heavy atom. The summed E-state index contributed by atoms with van der Waals surface area (Å²) in [7, 11) is 0. The van der Waals surface area contributed by atoms with E-state index in [2.05, 4.69) is 22.3 Å². The fraction of sp³-hybridized carbons (Fsp3) is 0.500. The van der Waals surface area contributed by atoms with Gasteiger partial charge in [-0.1, -0.05) is 6.08 Å². The lowest BCUT2D eigenvalue weighted by Gasteiger charge is -2.09. The molecule has 4 nitrogen and oxygen atoms in total. The second-order valence-electron chi connectivity index (χ2n) is 4.17. The van der Waals surface area contributed by atoms with Gasteiger partial charge in [0.2, 0.25) is 0 Å². The Hall–Kier alpha value is -1.57. The average molecular weight is 306 g/mol. The molecule has 0 unspecified atom stereocenters. The van der Waals surface area contributed by atoms with Gasteiger partial charge >= 0.3 is 6.18 Å². The van der Waals surface area contributed by atoms with E-state index in [1.165, 1.54) is 4.68 Å². The molecule has 0 spiro atoms. The molecular weight excluding hydrogens is 289 g/mol. The Balaban J connectivity index is 2.37. The highest BCUT2D eigenvalue weighted by Gasteiger charge is 2.34. The van der Waals surface area contributed by atoms with Crippen LogP contribution in [0.25, 0.3) is 0 Å². The predicted octanol–water partition coefficient (Wildman–Crippen LogP) is 2.25. The number of halogens is 3. The lowest BCUT2D eigenvalue weighted by molar-refractivity contribution is -0.141. The minimum Gasteiger partial charge on any atom is -0.363 e. The summed E-state index contributed by atoms with van der Waals surface area (Å²) in [6, 6.07) is 1.05. The molecule has 1 rings (SSSR count). The molecule has 20 heavy (non-hydrogen) atoms. The number of hydrogen-bond donors (Lipinski definition) is 2. The van der Waals surface area contributed by atoms with Crippen molar-refractivity contribution in [2.45, 2.75) is 26.1 Å². The number of alkyl halides is 3. The molecule has 0 atom stereocenters. The highest BCUT2D eigenvalue weighted by Crippen LogP contribution is 2.28. The molecule has 112 valence electrons. The molecule has 0 fully saturated rings. The van der Waals surface area contributed by atoms with Crippen molar-refractivity contribution in [3.63, 3.8) is 0 Å². The van der Waals surface area contributed by atoms with Crippen LogP contribution in [0.2, 0.25) is 0 Å². The van der Waals surface area contributed by atoms with Crippen molar-refractivity contribution in [1.82, 2.24) is 20.4 Å². The molecular formula is C12H17F3N4S. The first-order valence-corrected chi connectivity index (χ1v) is 6.49. The average Bonchev–Trinajstić information content (AvgIpc) is 2.73. The molecule has 1 aromatic rings. The Bertz CT molecular complexity index is 468. The molecule has 0 aliphatic carbocycles. The lowest BCUT2D eigenvalue weighted by atomic mass is 10.3. The second kappa shape index (κ2) is 7.28. The van der Waals surface area contributed by atoms with Crippen molar-refractivity contribution in [2.24, 2.45) is 0 Å². The number of rotatable bonds is 6. The summed E-state index contributed by atoms with van der Waals surface area (Å²) in [5.74, 6) is 0. The molecule has 0 radical (unpaired) electrons. The molecule has 0 amide bonds. The first-order chi connectivity index (χ1) is 9.34. The number of aromatic nitrogens is 2. The van der Waals surface area contributed by atoms with Gasteiger partial charge in [0.05, 0.1) is 0 Å². The van der Waals surface area contributed by atoms with Crippen molar-refractivity contribution in [3.05, 3.63) is 30.1 Å². The van der Waals surface area contributed by atoms with Crippen LogP contribution in [0.3, 0.4) is 0 Å². The van der Waals surface area contributed by atoms with Gasteiger partial charge in [0.25, 0.3) is 0 Å². The van der Waals surface area contributed by atoms with E-state index in [0.29, 0.717) is 36.9 Å². The number of thiocarbonyl (C=S) groups is 1. The molecule has 0 aliphatic rings. The van der Waals surface area contributed by atoms with Crippen molar-refractivity contribution in [3.8, 4) is 0 Å². The number of nitrogens with one attached hydrogen (secondary N) is 2. The molecule has 1 heterocycles. The van der Waals surface area contributed by atoms with Gasteiger partial charge in [-0.25, -0.2) is 0 Å². The third-order valence-electron chi connectivity index (χ3n) is 2.51. The molecule has 0 aliphatic heterocycles. The maximum Gasteiger partial charge on any atom is 0.435 e. The first-order valence-electron chi connectivity index (χ1n) is 6.09. The van der Waals surface area contributed by atoms with Gasteiger partial charge in [-0.2, -0.15) is 18.3 Å². The van der Waals surface area contributed by atoms with E-state index in [9.17, 15) is 13.2 Å². The van der Waals surface area contributed by atoms with Crippen molar-refractivity contribution in [1.29, 1.82) is 0 Å². The van der Waals surface area contributed by atoms with Gasteiger partial charge in [-0.3, -0.25) is 4.68 Å². The van der Waals surface area contributed by atoms with Crippen LogP contribution < -0.4 is 10.6 Å². The van der Waals surface area contributed by atoms with Crippen molar-refractivity contribution < 1.29 is 13.2 Å². The number of aryl methyl sites for hydroxylation is 2. The fourth-order valence-corrected chi connectivity index (χ4v) is 1.72. The van der Waals surface area contributed by atoms with Gasteiger partial charge in [-0.05, 0) is 31.6 Å². The smallest absolute Gasteiger partial charge is 0.363 e. The zero-order valence-corrected chi connectivity index (χ0v) is 11.9. The van der Waals surface area contributed by atoms with Crippen molar-refractivity contribution in [2.75, 3.05) is 13.1 Å². The van der Waals surface area contributed by atoms with Crippen LogP contribution in [-0.2, 0) is 12.7 Å². The molecule has 0 bridgehead atoms. The molecule has 0 saturated heterocycles. The number of nitrogens with zero attached hydrogens (tertiary/aromatic N) is 2. The van der Waals surface area contributed by atoms with E-state index in [1.807, 2.05) is 0 Å². The highest BCUT2D eigenvalue weighted by molar-refractivity contribution is 7.80. The van der Waals surface area contributed by atoms with Crippen LogP contribution in [0.1, 0.15) is 17.8 Å². The summed E-state index contributed by atoms with van der Waals surface area (Å²) in [5, 5.41) is 9.90. The molecule has 8 heteroatoms. The summed E-state index contributed by atoms with van der Waals surface area (Å²) >= 11 is 4.99. The van der Waals surface area contributed by atoms with E-state index in [-0.39, 0.29) is 0 Å². The van der Waals surface area contributed by atoms with Gasteiger partial charge in [0.1, 0.15) is 0 Å². The molecule has 0 aromatic carbocycles. The first kappa shape index (κ1) is 16.5. The van der Waals surface area contributed by atoms with Gasteiger partial charge in [0, 0.05) is 25.3 Å². The Morgan fingerprint density at radius 1 is 1.50 bits per heavy atom. The van der Waals surface area contributed by atoms with E-state index in [0.717, 1.165) is 6.07 Å². The van der Waals surface area contributed by atoms with Crippen LogP contribution in [-0.4, -0.2) is 28.0 Å². The van der Waals surface area contributed by atoms with Gasteiger partial charge in [-0.15, -0.1) is 6.58 Å². The topological polar surface area (TPSA) is 41.9 Å². The highest BCUT2D eigenvalue weighted by atomic mass is 32.1. The zero-order valence-electron chi connectivity index (χ0n) is 11.1. The maximum atomic E-state index is 12.5. The largest absolute Gasteiger partial charge is 0.435 e. The normalized spacial score (nSPS) is 11.2. The summed E-state index contributed by atoms with van der Waals surface area (Å²) in [6.07, 6.45) is -2.10. The molecule has 2 N–H and O–H groups in total. The van der Waals surface area contributed by atoms with Gasteiger partial charge < -0.3 is 10.6 Å². The third kappa shape index (κ3) is 5.20. The summed E-state index contributed by atoms with van der Waals surface area (Å²) in [4.78, 5) is 0. The summed E-state index contributed by atoms with van der Waals surface area (Å²) in [6.45, 7) is 6.68. The molecule has 0 saturated carbocycles. The van der Waals surface area contributed by atoms with E-state index in [1.54, 1.807) is 13.0 Å². The van der Waals surface area contributed by atoms with Crippen LogP contribution in [0.5, 0.6) is 0 Å². The molecule has 1 aromatic heterocycles. The lowest BCUT2D eigenvalue weighted by Crippen LogP contribution is -2.36. The Morgan fingerprint density at radius 3 is 2.75 bits per heavy atom. The van der Waals surface area contributed by atoms with Crippen LogP contribution >= 0.6 is 12.2 Å². The maximum absolute atomic E-state index is 12.5. The quantitative estimate of drug-likeness (QED) is 0.480. The van der Waals surface area contributed by atoms with E-state index >= 15 is 0 Å². The van der Waals surface area contributed by atoms with E-state index < -0.39 is 11.9 Å². The zero-order chi connectivity index (χ0) is 15.2. The standard InChI is InChI=1S/C12H17F3N4S/c1-3-5-16-11(20)17-6-4-7-19-9(2)8-10(18-19)12(13,14)15/h3,8H,1,4-7H2,2H3,(H2,16,17,20).